The van der Waals surface area contributed by atoms with E-state index in [2.05, 4.69) is 19.0 Å². The van der Waals surface area contributed by atoms with Gasteiger partial charge < -0.3 is 10.1 Å². The average molecular weight is 424 g/mol. The number of hydrogen-bond acceptors (Lipinski definition) is 8. The van der Waals surface area contributed by atoms with Gasteiger partial charge in [0.25, 0.3) is 0 Å². The lowest BCUT2D eigenvalue weighted by molar-refractivity contribution is -0.0906. The molecule has 3 heterocycles. The largest absolute Gasteiger partial charge is 0.378 e. The Morgan fingerprint density at radius 1 is 1.20 bits per heavy atom. The molecule has 3 aliphatic rings. The molecule has 0 unspecified atom stereocenters. The van der Waals surface area contributed by atoms with Crippen LogP contribution in [0.4, 0.5) is 11.6 Å². The van der Waals surface area contributed by atoms with E-state index in [1.54, 1.807) is 24.9 Å². The zero-order chi connectivity index (χ0) is 20.7. The molecule has 30 heavy (non-hydrogen) atoms. The highest BCUT2D eigenvalue weighted by Gasteiger charge is 2.63. The molecular formula is C20H21N7O2S. The van der Waals surface area contributed by atoms with Crippen LogP contribution in [0.5, 0.6) is 0 Å². The van der Waals surface area contributed by atoms with E-state index in [9.17, 15) is 4.79 Å². The third kappa shape index (κ3) is 2.28. The van der Waals surface area contributed by atoms with Gasteiger partial charge in [0.1, 0.15) is 16.6 Å². The Bertz CT molecular complexity index is 1380. The fraction of sp³-hybridized carbons (Fsp3) is 0.450. The molecule has 3 aliphatic carbocycles. The standard InChI is InChI=1S/C20H21N7O2S/c1-11-6-13-14(25-30-24-13)7-12(11)22-17-21-8-15-16(23-17)27(18(28)26(15)2)19-4-5-20(9-19,10-19)29-3/h6-8H,4-5,9-10H2,1-3H3,(H,21,22,23). The molecule has 0 radical (unpaired) electrons. The number of nitrogens with one attached hydrogen (secondary N) is 1. The summed E-state index contributed by atoms with van der Waals surface area (Å²) < 4.78 is 17.8. The first-order valence-electron chi connectivity index (χ1n) is 9.94. The summed E-state index contributed by atoms with van der Waals surface area (Å²) in [4.78, 5) is 22.4. The highest BCUT2D eigenvalue weighted by atomic mass is 32.1. The third-order valence-electron chi connectivity index (χ3n) is 6.90. The van der Waals surface area contributed by atoms with Crippen LogP contribution in [0.3, 0.4) is 0 Å². The molecule has 154 valence electrons. The molecule has 0 amide bonds. The summed E-state index contributed by atoms with van der Waals surface area (Å²) in [6.07, 6.45) is 5.33. The van der Waals surface area contributed by atoms with Crippen molar-refractivity contribution in [1.82, 2.24) is 27.8 Å². The Labute approximate surface area is 176 Å². The van der Waals surface area contributed by atoms with Gasteiger partial charge in [0.15, 0.2) is 5.65 Å². The van der Waals surface area contributed by atoms with Gasteiger partial charge in [0.05, 0.1) is 29.1 Å². The number of benzene rings is 1. The molecule has 0 spiro atoms. The van der Waals surface area contributed by atoms with Crippen molar-refractivity contribution in [2.45, 2.75) is 43.7 Å². The molecule has 7 rings (SSSR count). The van der Waals surface area contributed by atoms with Crippen molar-refractivity contribution in [1.29, 1.82) is 0 Å². The van der Waals surface area contributed by atoms with Crippen LogP contribution in [0.1, 0.15) is 31.2 Å². The number of aromatic nitrogens is 6. The molecule has 0 saturated heterocycles. The van der Waals surface area contributed by atoms with Crippen LogP contribution >= 0.6 is 11.7 Å². The van der Waals surface area contributed by atoms with Crippen LogP contribution < -0.4 is 11.0 Å². The molecule has 3 saturated carbocycles. The van der Waals surface area contributed by atoms with E-state index in [0.717, 1.165) is 53.5 Å². The monoisotopic (exact) mass is 423 g/mol. The second-order valence-electron chi connectivity index (χ2n) is 8.59. The van der Waals surface area contributed by atoms with Gasteiger partial charge in [-0.15, -0.1) is 0 Å². The Kier molecular flexibility index (Phi) is 3.51. The fourth-order valence-corrected chi connectivity index (χ4v) is 5.78. The van der Waals surface area contributed by atoms with Gasteiger partial charge in [-0.3, -0.25) is 9.13 Å². The number of ether oxygens (including phenoxy) is 1. The van der Waals surface area contributed by atoms with E-state index in [-0.39, 0.29) is 16.8 Å². The van der Waals surface area contributed by atoms with Gasteiger partial charge in [-0.1, -0.05) is 0 Å². The number of hydrogen-bond donors (Lipinski definition) is 1. The highest BCUT2D eigenvalue weighted by molar-refractivity contribution is 7.00. The number of anilines is 2. The Hall–Kier alpha value is -2.85. The summed E-state index contributed by atoms with van der Waals surface area (Å²) in [5.41, 5.74) is 4.68. The number of imidazole rings is 1. The molecular weight excluding hydrogens is 402 g/mol. The van der Waals surface area contributed by atoms with Crippen molar-refractivity contribution in [2.24, 2.45) is 7.05 Å². The number of methoxy groups -OCH3 is 1. The van der Waals surface area contributed by atoms with Crippen LogP contribution in [-0.4, -0.2) is 40.6 Å². The lowest BCUT2D eigenvalue weighted by atomic mass is 9.73. The van der Waals surface area contributed by atoms with Crippen molar-refractivity contribution < 1.29 is 4.74 Å². The summed E-state index contributed by atoms with van der Waals surface area (Å²) in [5, 5.41) is 3.30. The molecule has 3 aromatic heterocycles. The van der Waals surface area contributed by atoms with Gasteiger partial charge in [-0.05, 0) is 37.5 Å². The van der Waals surface area contributed by atoms with E-state index in [1.807, 2.05) is 23.6 Å². The summed E-state index contributed by atoms with van der Waals surface area (Å²) >= 11 is 1.19. The Balaban J connectivity index is 1.45. The maximum atomic E-state index is 13.1. The van der Waals surface area contributed by atoms with Gasteiger partial charge in [-0.25, -0.2) is 9.78 Å². The SMILES string of the molecule is COC12CCC(n3c(=O)n(C)c4cnc(Nc5cc6nsnc6cc5C)nc43)(C1)C2. The lowest BCUT2D eigenvalue weighted by Gasteiger charge is -2.46. The number of nitrogens with zero attached hydrogens (tertiary/aromatic N) is 6. The molecule has 0 atom stereocenters. The zero-order valence-corrected chi connectivity index (χ0v) is 17.8. The zero-order valence-electron chi connectivity index (χ0n) is 17.0. The minimum absolute atomic E-state index is 0.0470. The first-order chi connectivity index (χ1) is 14.4. The van der Waals surface area contributed by atoms with Gasteiger partial charge in [0.2, 0.25) is 5.95 Å². The van der Waals surface area contributed by atoms with Crippen molar-refractivity contribution in [2.75, 3.05) is 12.4 Å². The number of rotatable bonds is 4. The maximum Gasteiger partial charge on any atom is 0.330 e. The molecule has 3 fully saturated rings. The summed E-state index contributed by atoms with van der Waals surface area (Å²) in [6, 6.07) is 3.95. The van der Waals surface area contributed by atoms with E-state index in [1.165, 1.54) is 11.7 Å². The highest BCUT2D eigenvalue weighted by Crippen LogP contribution is 2.61. The first-order valence-corrected chi connectivity index (χ1v) is 10.7. The minimum atomic E-state index is -0.209. The van der Waals surface area contributed by atoms with Crippen molar-refractivity contribution in [3.8, 4) is 0 Å². The fourth-order valence-electron chi connectivity index (χ4n) is 5.27. The van der Waals surface area contributed by atoms with E-state index in [4.69, 9.17) is 9.72 Å². The average Bonchev–Trinajstić information content (AvgIpc) is 3.45. The third-order valence-corrected chi connectivity index (χ3v) is 7.46. The number of aryl methyl sites for hydroxylation is 2. The van der Waals surface area contributed by atoms with E-state index >= 15 is 0 Å². The van der Waals surface area contributed by atoms with Gasteiger partial charge in [-0.2, -0.15) is 13.7 Å². The topological polar surface area (TPSA) is 99.8 Å². The van der Waals surface area contributed by atoms with Crippen LogP contribution in [-0.2, 0) is 17.3 Å². The molecule has 0 aliphatic heterocycles. The van der Waals surface area contributed by atoms with Crippen LogP contribution in [0.15, 0.2) is 23.1 Å². The second kappa shape index (κ2) is 5.86. The van der Waals surface area contributed by atoms with Gasteiger partial charge in [0, 0.05) is 32.7 Å². The van der Waals surface area contributed by atoms with Crippen molar-refractivity contribution in [3.05, 3.63) is 34.4 Å². The van der Waals surface area contributed by atoms with Crippen LogP contribution in [0.2, 0.25) is 0 Å². The second-order valence-corrected chi connectivity index (χ2v) is 9.12. The molecule has 1 aromatic carbocycles. The summed E-state index contributed by atoms with van der Waals surface area (Å²) in [5.74, 6) is 0.458. The van der Waals surface area contributed by atoms with Crippen LogP contribution in [0.25, 0.3) is 22.2 Å². The van der Waals surface area contributed by atoms with Crippen LogP contribution in [0, 0.1) is 6.92 Å². The van der Waals surface area contributed by atoms with E-state index in [0.29, 0.717) is 11.6 Å². The van der Waals surface area contributed by atoms with Crippen molar-refractivity contribution >= 4 is 45.6 Å². The van der Waals surface area contributed by atoms with E-state index < -0.39 is 0 Å². The molecule has 9 nitrogen and oxygen atoms in total. The van der Waals surface area contributed by atoms with Crippen molar-refractivity contribution in [3.63, 3.8) is 0 Å². The quantitative estimate of drug-likeness (QED) is 0.539. The molecule has 10 heteroatoms. The molecule has 2 bridgehead atoms. The first kappa shape index (κ1) is 18.0. The Morgan fingerprint density at radius 3 is 2.70 bits per heavy atom. The normalized spacial score (nSPS) is 25.2. The summed E-state index contributed by atoms with van der Waals surface area (Å²) in [6.45, 7) is 2.01. The molecule has 4 aromatic rings. The molecule has 1 N–H and O–H groups in total. The minimum Gasteiger partial charge on any atom is -0.378 e. The lowest BCUT2D eigenvalue weighted by Crippen LogP contribution is -2.53. The predicted molar refractivity (Wildman–Crippen MR) is 114 cm³/mol. The predicted octanol–water partition coefficient (Wildman–Crippen LogP) is 2.85. The maximum absolute atomic E-state index is 13.1. The number of fused-ring (bicyclic) bond motifs is 3. The Morgan fingerprint density at radius 2 is 1.97 bits per heavy atom. The smallest absolute Gasteiger partial charge is 0.330 e. The summed E-state index contributed by atoms with van der Waals surface area (Å²) in [7, 11) is 3.54. The van der Waals surface area contributed by atoms with Gasteiger partial charge >= 0.3 is 5.69 Å².